The molecule has 3 nitrogen and oxygen atoms in total. The highest BCUT2D eigenvalue weighted by molar-refractivity contribution is 7.12. The summed E-state index contributed by atoms with van der Waals surface area (Å²) in [4.78, 5) is 14.7. The topological polar surface area (TPSA) is 35.5 Å². The van der Waals surface area contributed by atoms with Crippen molar-refractivity contribution in [1.82, 2.24) is 0 Å². The molecule has 1 aliphatic rings. The molecule has 2 aromatic rings. The van der Waals surface area contributed by atoms with E-state index >= 15 is 0 Å². The molecule has 4 heteroatoms. The molecule has 20 heavy (non-hydrogen) atoms. The molecule has 1 aromatic carbocycles. The molecule has 0 bridgehead atoms. The second kappa shape index (κ2) is 4.94. The molecule has 0 saturated heterocycles. The number of carbonyl (C=O) groups is 1. The lowest BCUT2D eigenvalue weighted by atomic mass is 9.96. The van der Waals surface area contributed by atoms with Crippen LogP contribution in [0.5, 0.6) is 11.5 Å². The van der Waals surface area contributed by atoms with Crippen molar-refractivity contribution in [2.24, 2.45) is 0 Å². The van der Waals surface area contributed by atoms with Gasteiger partial charge in [0, 0.05) is 21.4 Å². The molecule has 1 atom stereocenters. The molecular formula is C16H16O3S. The largest absolute Gasteiger partial charge is 0.497 e. The number of ether oxygens (including phenoxy) is 2. The van der Waals surface area contributed by atoms with E-state index in [-0.39, 0.29) is 11.9 Å². The number of rotatable bonds is 2. The van der Waals surface area contributed by atoms with Crippen LogP contribution in [-0.2, 0) is 0 Å². The van der Waals surface area contributed by atoms with E-state index in [1.807, 2.05) is 0 Å². The molecule has 3 rings (SSSR count). The smallest absolute Gasteiger partial charge is 0.170 e. The Bertz CT molecular complexity index is 672. The molecule has 0 aliphatic carbocycles. The van der Waals surface area contributed by atoms with Crippen molar-refractivity contribution in [2.75, 3.05) is 7.11 Å². The van der Waals surface area contributed by atoms with Crippen molar-refractivity contribution in [1.29, 1.82) is 0 Å². The van der Waals surface area contributed by atoms with Crippen molar-refractivity contribution in [3.8, 4) is 11.5 Å². The average molecular weight is 288 g/mol. The molecule has 1 aromatic heterocycles. The Morgan fingerprint density at radius 2 is 2.10 bits per heavy atom. The summed E-state index contributed by atoms with van der Waals surface area (Å²) in [6.07, 6.45) is 0.211. The van der Waals surface area contributed by atoms with Crippen LogP contribution in [-0.4, -0.2) is 12.9 Å². The van der Waals surface area contributed by atoms with Gasteiger partial charge in [0.05, 0.1) is 19.1 Å². The SMILES string of the molecule is COc1ccc2c(c1)OC(c1cc(C)sc1C)CC2=O. The Hall–Kier alpha value is -1.81. The Morgan fingerprint density at radius 3 is 2.75 bits per heavy atom. The van der Waals surface area contributed by atoms with Crippen molar-refractivity contribution in [3.05, 3.63) is 45.1 Å². The van der Waals surface area contributed by atoms with Gasteiger partial charge in [-0.2, -0.15) is 0 Å². The summed E-state index contributed by atoms with van der Waals surface area (Å²) in [5.41, 5.74) is 1.76. The zero-order valence-corrected chi connectivity index (χ0v) is 12.5. The van der Waals surface area contributed by atoms with E-state index in [4.69, 9.17) is 9.47 Å². The van der Waals surface area contributed by atoms with E-state index in [1.54, 1.807) is 36.6 Å². The average Bonchev–Trinajstić information content (AvgIpc) is 2.77. The number of Topliss-reactive ketones (excluding diaryl/α,β-unsaturated/α-hetero) is 1. The molecular weight excluding hydrogens is 272 g/mol. The third-order valence-electron chi connectivity index (χ3n) is 3.56. The zero-order valence-electron chi connectivity index (χ0n) is 11.7. The number of fused-ring (bicyclic) bond motifs is 1. The quantitative estimate of drug-likeness (QED) is 0.835. The van der Waals surface area contributed by atoms with Gasteiger partial charge >= 0.3 is 0 Å². The van der Waals surface area contributed by atoms with Crippen LogP contribution in [0.3, 0.4) is 0 Å². The van der Waals surface area contributed by atoms with Gasteiger partial charge in [-0.15, -0.1) is 11.3 Å². The molecule has 1 unspecified atom stereocenters. The lowest BCUT2D eigenvalue weighted by Gasteiger charge is -2.25. The third kappa shape index (κ3) is 2.20. The number of benzene rings is 1. The van der Waals surface area contributed by atoms with Crippen LogP contribution >= 0.6 is 11.3 Å². The van der Waals surface area contributed by atoms with Gasteiger partial charge in [0.15, 0.2) is 5.78 Å². The number of aryl methyl sites for hydroxylation is 2. The van der Waals surface area contributed by atoms with Crippen LogP contribution in [0.25, 0.3) is 0 Å². The molecule has 1 aliphatic heterocycles. The number of ketones is 1. The molecule has 0 fully saturated rings. The van der Waals surface area contributed by atoms with Crippen molar-refractivity contribution in [2.45, 2.75) is 26.4 Å². The highest BCUT2D eigenvalue weighted by Crippen LogP contribution is 2.39. The fourth-order valence-electron chi connectivity index (χ4n) is 2.57. The van der Waals surface area contributed by atoms with E-state index in [1.165, 1.54) is 9.75 Å². The predicted octanol–water partition coefficient (Wildman–Crippen LogP) is 4.08. The molecule has 0 radical (unpaired) electrons. The minimum absolute atomic E-state index is 0.127. The predicted molar refractivity (Wildman–Crippen MR) is 79.1 cm³/mol. The van der Waals surface area contributed by atoms with E-state index in [0.717, 1.165) is 5.56 Å². The number of hydrogen-bond donors (Lipinski definition) is 0. The maximum absolute atomic E-state index is 12.3. The first-order chi connectivity index (χ1) is 9.58. The van der Waals surface area contributed by atoms with E-state index in [2.05, 4.69) is 19.9 Å². The summed E-state index contributed by atoms with van der Waals surface area (Å²) < 4.78 is 11.2. The summed E-state index contributed by atoms with van der Waals surface area (Å²) >= 11 is 1.74. The van der Waals surface area contributed by atoms with Crippen LogP contribution in [0.2, 0.25) is 0 Å². The summed E-state index contributed by atoms with van der Waals surface area (Å²) in [6, 6.07) is 7.47. The van der Waals surface area contributed by atoms with Gasteiger partial charge < -0.3 is 9.47 Å². The highest BCUT2D eigenvalue weighted by atomic mass is 32.1. The normalized spacial score (nSPS) is 17.6. The Kier molecular flexibility index (Phi) is 3.26. The van der Waals surface area contributed by atoms with E-state index in [9.17, 15) is 4.79 Å². The number of hydrogen-bond acceptors (Lipinski definition) is 4. The fourth-order valence-corrected chi connectivity index (χ4v) is 3.55. The van der Waals surface area contributed by atoms with Crippen LogP contribution in [0.1, 0.15) is 38.2 Å². The van der Waals surface area contributed by atoms with Crippen molar-refractivity contribution in [3.63, 3.8) is 0 Å². The van der Waals surface area contributed by atoms with E-state index < -0.39 is 0 Å². The monoisotopic (exact) mass is 288 g/mol. The van der Waals surface area contributed by atoms with Crippen LogP contribution in [0.4, 0.5) is 0 Å². The second-order valence-electron chi connectivity index (χ2n) is 4.96. The summed E-state index contributed by atoms with van der Waals surface area (Å²) in [5, 5.41) is 0. The molecule has 0 N–H and O–H groups in total. The maximum atomic E-state index is 12.3. The maximum Gasteiger partial charge on any atom is 0.170 e. The van der Waals surface area contributed by atoms with Crippen LogP contribution in [0, 0.1) is 13.8 Å². The van der Waals surface area contributed by atoms with Crippen LogP contribution in [0.15, 0.2) is 24.3 Å². The Balaban J connectivity index is 1.99. The minimum atomic E-state index is -0.188. The van der Waals surface area contributed by atoms with Gasteiger partial charge in [0.2, 0.25) is 0 Å². The van der Waals surface area contributed by atoms with E-state index in [0.29, 0.717) is 23.5 Å². The third-order valence-corrected chi connectivity index (χ3v) is 4.54. The van der Waals surface area contributed by atoms with Crippen LogP contribution < -0.4 is 9.47 Å². The Labute approximate surface area is 122 Å². The second-order valence-corrected chi connectivity index (χ2v) is 6.42. The van der Waals surface area contributed by atoms with Gasteiger partial charge in [-0.05, 0) is 32.0 Å². The van der Waals surface area contributed by atoms with Crippen molar-refractivity contribution < 1.29 is 14.3 Å². The Morgan fingerprint density at radius 1 is 1.30 bits per heavy atom. The first-order valence-electron chi connectivity index (χ1n) is 6.53. The van der Waals surface area contributed by atoms with Gasteiger partial charge in [0.25, 0.3) is 0 Å². The first kappa shape index (κ1) is 13.2. The van der Waals surface area contributed by atoms with Crippen molar-refractivity contribution >= 4 is 17.1 Å². The summed E-state index contributed by atoms with van der Waals surface area (Å²) in [6.45, 7) is 4.14. The first-order valence-corrected chi connectivity index (χ1v) is 7.35. The lowest BCUT2D eigenvalue weighted by molar-refractivity contribution is 0.0849. The molecule has 0 saturated carbocycles. The molecule has 0 spiro atoms. The molecule has 104 valence electrons. The highest BCUT2D eigenvalue weighted by Gasteiger charge is 2.29. The minimum Gasteiger partial charge on any atom is -0.497 e. The zero-order chi connectivity index (χ0) is 14.3. The number of carbonyl (C=O) groups excluding carboxylic acids is 1. The fraction of sp³-hybridized carbons (Fsp3) is 0.312. The summed E-state index contributed by atoms with van der Waals surface area (Å²) in [5.74, 6) is 1.45. The molecule has 2 heterocycles. The van der Waals surface area contributed by atoms with Gasteiger partial charge in [-0.25, -0.2) is 0 Å². The number of thiophene rings is 1. The number of methoxy groups -OCH3 is 1. The lowest BCUT2D eigenvalue weighted by Crippen LogP contribution is -2.20. The van der Waals surface area contributed by atoms with Gasteiger partial charge in [-0.3, -0.25) is 4.79 Å². The van der Waals surface area contributed by atoms with Gasteiger partial charge in [0.1, 0.15) is 17.6 Å². The van der Waals surface area contributed by atoms with Gasteiger partial charge in [-0.1, -0.05) is 0 Å². The standard InChI is InChI=1S/C16H16O3S/c1-9-6-13(10(2)20-9)16-8-14(17)12-5-4-11(18-3)7-15(12)19-16/h4-7,16H,8H2,1-3H3. The summed E-state index contributed by atoms with van der Waals surface area (Å²) in [7, 11) is 1.61. The molecule has 0 amide bonds.